The van der Waals surface area contributed by atoms with E-state index in [1.165, 1.54) is 0 Å². The van der Waals surface area contributed by atoms with Crippen molar-refractivity contribution in [3.8, 4) is 0 Å². The molecule has 0 aliphatic heterocycles. The van der Waals surface area contributed by atoms with Gasteiger partial charge in [-0.1, -0.05) is 12.1 Å². The molecule has 0 aliphatic rings. The minimum Gasteiger partial charge on any atom is -0.353 e. The van der Waals surface area contributed by atoms with Gasteiger partial charge in [-0.15, -0.1) is 0 Å². The van der Waals surface area contributed by atoms with Gasteiger partial charge in [0.1, 0.15) is 5.82 Å². The van der Waals surface area contributed by atoms with E-state index in [1.807, 2.05) is 52.1 Å². The number of benzene rings is 1. The number of nitrogens with one attached hydrogen (secondary N) is 2. The van der Waals surface area contributed by atoms with Crippen LogP contribution in [0.5, 0.6) is 0 Å². The van der Waals surface area contributed by atoms with Gasteiger partial charge in [0, 0.05) is 13.1 Å². The topological polar surface area (TPSA) is 59.0 Å². The van der Waals surface area contributed by atoms with E-state index in [1.54, 1.807) is 0 Å². The van der Waals surface area contributed by atoms with E-state index in [4.69, 9.17) is 0 Å². The van der Waals surface area contributed by atoms with Crippen LogP contribution in [-0.2, 0) is 11.8 Å². The second-order valence-electron chi connectivity index (χ2n) is 5.34. The van der Waals surface area contributed by atoms with Crippen LogP contribution in [0.15, 0.2) is 24.3 Å². The Morgan fingerprint density at radius 2 is 2.00 bits per heavy atom. The standard InChI is InChI=1S/C15H22N4O/c1-10(2)17-14(20)9-16-11(3)15-18-12-7-5-6-8-13(12)19(15)4/h5-8,10-11,16H,9H2,1-4H3,(H,17,20). The predicted octanol–water partition coefficient (Wildman–Crippen LogP) is 1.75. The summed E-state index contributed by atoms with van der Waals surface area (Å²) >= 11 is 0. The molecular formula is C15H22N4O. The molecule has 20 heavy (non-hydrogen) atoms. The summed E-state index contributed by atoms with van der Waals surface area (Å²) in [4.78, 5) is 16.3. The Morgan fingerprint density at radius 1 is 1.30 bits per heavy atom. The van der Waals surface area contributed by atoms with Gasteiger partial charge >= 0.3 is 0 Å². The number of aryl methyl sites for hydroxylation is 1. The van der Waals surface area contributed by atoms with Gasteiger partial charge in [-0.05, 0) is 32.9 Å². The number of amides is 1. The Hall–Kier alpha value is -1.88. The molecule has 2 rings (SSSR count). The number of carbonyl (C=O) groups excluding carboxylic acids is 1. The van der Waals surface area contributed by atoms with Crippen molar-refractivity contribution in [3.05, 3.63) is 30.1 Å². The molecule has 0 bridgehead atoms. The van der Waals surface area contributed by atoms with Crippen molar-refractivity contribution < 1.29 is 4.79 Å². The molecule has 0 fully saturated rings. The SMILES string of the molecule is CC(C)NC(=O)CNC(C)c1nc2ccccc2n1C. The Morgan fingerprint density at radius 3 is 2.65 bits per heavy atom. The lowest BCUT2D eigenvalue weighted by atomic mass is 10.3. The smallest absolute Gasteiger partial charge is 0.234 e. The maximum Gasteiger partial charge on any atom is 0.234 e. The van der Waals surface area contributed by atoms with E-state index >= 15 is 0 Å². The number of imidazole rings is 1. The Bertz CT molecular complexity index is 603. The van der Waals surface area contributed by atoms with Crippen molar-refractivity contribution in [3.63, 3.8) is 0 Å². The molecule has 0 saturated heterocycles. The molecule has 5 nitrogen and oxygen atoms in total. The first-order chi connectivity index (χ1) is 9.49. The summed E-state index contributed by atoms with van der Waals surface area (Å²) in [7, 11) is 2.00. The Kier molecular flexibility index (Phi) is 4.39. The summed E-state index contributed by atoms with van der Waals surface area (Å²) in [5, 5.41) is 6.07. The normalized spacial score (nSPS) is 12.8. The van der Waals surface area contributed by atoms with Crippen LogP contribution in [0, 0.1) is 0 Å². The molecule has 1 amide bonds. The van der Waals surface area contributed by atoms with Gasteiger partial charge in [-0.25, -0.2) is 4.98 Å². The molecule has 0 spiro atoms. The van der Waals surface area contributed by atoms with E-state index in [9.17, 15) is 4.79 Å². The van der Waals surface area contributed by atoms with Gasteiger partial charge in [0.15, 0.2) is 0 Å². The number of aromatic nitrogens is 2. The minimum absolute atomic E-state index is 0.00520. The molecule has 1 heterocycles. The number of carbonyl (C=O) groups is 1. The predicted molar refractivity (Wildman–Crippen MR) is 80.4 cm³/mol. The first-order valence-corrected chi connectivity index (χ1v) is 6.93. The fourth-order valence-electron chi connectivity index (χ4n) is 2.26. The average Bonchev–Trinajstić information content (AvgIpc) is 2.73. The fraction of sp³-hybridized carbons (Fsp3) is 0.467. The highest BCUT2D eigenvalue weighted by Crippen LogP contribution is 2.18. The van der Waals surface area contributed by atoms with Gasteiger partial charge in [0.05, 0.1) is 23.6 Å². The molecule has 5 heteroatoms. The molecule has 0 aliphatic carbocycles. The van der Waals surface area contributed by atoms with Crippen molar-refractivity contribution in [2.24, 2.45) is 7.05 Å². The van der Waals surface area contributed by atoms with Gasteiger partial charge in [-0.3, -0.25) is 10.1 Å². The number of hydrogen-bond acceptors (Lipinski definition) is 3. The summed E-state index contributed by atoms with van der Waals surface area (Å²) in [5.41, 5.74) is 2.08. The molecule has 1 aromatic heterocycles. The minimum atomic E-state index is 0.00520. The number of hydrogen-bond donors (Lipinski definition) is 2. The first-order valence-electron chi connectivity index (χ1n) is 6.93. The highest BCUT2D eigenvalue weighted by Gasteiger charge is 2.15. The maximum absolute atomic E-state index is 11.6. The van der Waals surface area contributed by atoms with Crippen LogP contribution >= 0.6 is 0 Å². The Labute approximate surface area is 119 Å². The lowest BCUT2D eigenvalue weighted by molar-refractivity contribution is -0.120. The molecular weight excluding hydrogens is 252 g/mol. The van der Waals surface area contributed by atoms with Gasteiger partial charge in [0.2, 0.25) is 5.91 Å². The highest BCUT2D eigenvalue weighted by molar-refractivity contribution is 5.78. The molecule has 0 saturated carbocycles. The quantitative estimate of drug-likeness (QED) is 0.873. The fourth-order valence-corrected chi connectivity index (χ4v) is 2.26. The molecule has 108 valence electrons. The van der Waals surface area contributed by atoms with Gasteiger partial charge < -0.3 is 9.88 Å². The molecule has 2 aromatic rings. The number of rotatable bonds is 5. The van der Waals surface area contributed by atoms with Crippen molar-refractivity contribution in [2.45, 2.75) is 32.9 Å². The first kappa shape index (κ1) is 14.5. The molecule has 2 N–H and O–H groups in total. The van der Waals surface area contributed by atoms with E-state index in [-0.39, 0.29) is 18.0 Å². The maximum atomic E-state index is 11.6. The van der Waals surface area contributed by atoms with Crippen molar-refractivity contribution in [1.82, 2.24) is 20.2 Å². The van der Waals surface area contributed by atoms with Crippen LogP contribution in [0.2, 0.25) is 0 Å². The Balaban J connectivity index is 2.06. The molecule has 1 atom stereocenters. The zero-order chi connectivity index (χ0) is 14.7. The third-order valence-electron chi connectivity index (χ3n) is 3.23. The average molecular weight is 274 g/mol. The van der Waals surface area contributed by atoms with Crippen LogP contribution < -0.4 is 10.6 Å². The summed E-state index contributed by atoms with van der Waals surface area (Å²) in [5.74, 6) is 0.939. The lowest BCUT2D eigenvalue weighted by Crippen LogP contribution is -2.38. The van der Waals surface area contributed by atoms with E-state index in [2.05, 4.69) is 20.2 Å². The second-order valence-corrected chi connectivity index (χ2v) is 5.34. The summed E-state index contributed by atoms with van der Waals surface area (Å²) < 4.78 is 2.06. The van der Waals surface area contributed by atoms with E-state index < -0.39 is 0 Å². The third-order valence-corrected chi connectivity index (χ3v) is 3.23. The van der Waals surface area contributed by atoms with Crippen LogP contribution in [0.25, 0.3) is 11.0 Å². The lowest BCUT2D eigenvalue weighted by Gasteiger charge is -2.14. The molecule has 0 radical (unpaired) electrons. The highest BCUT2D eigenvalue weighted by atomic mass is 16.1. The number of nitrogens with zero attached hydrogens (tertiary/aromatic N) is 2. The molecule has 1 aromatic carbocycles. The largest absolute Gasteiger partial charge is 0.353 e. The zero-order valence-corrected chi connectivity index (χ0v) is 12.5. The van der Waals surface area contributed by atoms with Crippen LogP contribution in [0.3, 0.4) is 0 Å². The van der Waals surface area contributed by atoms with E-state index in [0.717, 1.165) is 16.9 Å². The summed E-state index contributed by atoms with van der Waals surface area (Å²) in [6.45, 7) is 6.21. The van der Waals surface area contributed by atoms with Crippen molar-refractivity contribution >= 4 is 16.9 Å². The zero-order valence-electron chi connectivity index (χ0n) is 12.5. The van der Waals surface area contributed by atoms with Gasteiger partial charge in [-0.2, -0.15) is 0 Å². The van der Waals surface area contributed by atoms with Crippen LogP contribution in [-0.4, -0.2) is 28.0 Å². The summed E-state index contributed by atoms with van der Waals surface area (Å²) in [6, 6.07) is 8.21. The van der Waals surface area contributed by atoms with Gasteiger partial charge in [0.25, 0.3) is 0 Å². The van der Waals surface area contributed by atoms with E-state index in [0.29, 0.717) is 6.54 Å². The van der Waals surface area contributed by atoms with Crippen molar-refractivity contribution in [1.29, 1.82) is 0 Å². The van der Waals surface area contributed by atoms with Crippen molar-refractivity contribution in [2.75, 3.05) is 6.54 Å². The number of para-hydroxylation sites is 2. The molecule has 1 unspecified atom stereocenters. The second kappa shape index (κ2) is 6.05. The third kappa shape index (κ3) is 3.17. The monoisotopic (exact) mass is 274 g/mol. The van der Waals surface area contributed by atoms with Crippen LogP contribution in [0.1, 0.15) is 32.6 Å². The van der Waals surface area contributed by atoms with Crippen LogP contribution in [0.4, 0.5) is 0 Å². The number of fused-ring (bicyclic) bond motifs is 1. The summed E-state index contributed by atoms with van der Waals surface area (Å²) in [6.07, 6.45) is 0.